The van der Waals surface area contributed by atoms with Gasteiger partial charge in [0.1, 0.15) is 11.3 Å². The summed E-state index contributed by atoms with van der Waals surface area (Å²) >= 11 is 1.45. The van der Waals surface area contributed by atoms with Gasteiger partial charge in [0.05, 0.1) is 16.2 Å². The lowest BCUT2D eigenvalue weighted by Crippen LogP contribution is -2.34. The van der Waals surface area contributed by atoms with Crippen molar-refractivity contribution in [2.24, 2.45) is 0 Å². The molecule has 0 aliphatic carbocycles. The van der Waals surface area contributed by atoms with Gasteiger partial charge in [0, 0.05) is 25.2 Å². The molecule has 0 radical (unpaired) electrons. The van der Waals surface area contributed by atoms with Gasteiger partial charge < -0.3 is 9.64 Å². The summed E-state index contributed by atoms with van der Waals surface area (Å²) in [6.07, 6.45) is 4.24. The molecule has 0 unspecified atom stereocenters. The number of rotatable bonds is 16. The summed E-state index contributed by atoms with van der Waals surface area (Å²) in [4.78, 5) is 22.6. The SMILES string of the molecule is CCCCN(CCCC)S(=O)(=O)c1ccc(C(=O)N(CCCN(C)C)c2nc3c(OCC)cccc3s2)cc1. The minimum atomic E-state index is -3.63. The number of anilines is 1. The van der Waals surface area contributed by atoms with Crippen LogP contribution in [0.1, 0.15) is 63.2 Å². The van der Waals surface area contributed by atoms with Crippen LogP contribution in [0.5, 0.6) is 5.75 Å². The van der Waals surface area contributed by atoms with Crippen molar-refractivity contribution < 1.29 is 17.9 Å². The van der Waals surface area contributed by atoms with E-state index in [4.69, 9.17) is 9.72 Å². The molecule has 0 aliphatic rings. The van der Waals surface area contributed by atoms with Crippen molar-refractivity contribution >= 4 is 42.6 Å². The van der Waals surface area contributed by atoms with Crippen LogP contribution in [0.2, 0.25) is 0 Å². The fourth-order valence-corrected chi connectivity index (χ4v) is 6.75. The standard InChI is InChI=1S/C29H42N4O4S2/c1-6-9-20-32(21-10-7-2)39(35,36)24-17-15-23(16-18-24)28(34)33(22-12-19-31(4)5)29-30-27-25(37-8-3)13-11-14-26(27)38-29/h11,13-18H,6-10,12,19-22H2,1-5H3. The summed E-state index contributed by atoms with van der Waals surface area (Å²) in [5.41, 5.74) is 1.17. The predicted octanol–water partition coefficient (Wildman–Crippen LogP) is 5.88. The van der Waals surface area contributed by atoms with E-state index in [-0.39, 0.29) is 10.8 Å². The zero-order chi connectivity index (χ0) is 28.4. The first-order chi connectivity index (χ1) is 18.7. The van der Waals surface area contributed by atoms with Crippen molar-refractivity contribution in [2.45, 2.75) is 57.8 Å². The highest BCUT2D eigenvalue weighted by molar-refractivity contribution is 7.89. The van der Waals surface area contributed by atoms with Crippen LogP contribution in [-0.4, -0.2) is 75.4 Å². The van der Waals surface area contributed by atoms with Gasteiger partial charge in [-0.15, -0.1) is 0 Å². The Labute approximate surface area is 237 Å². The van der Waals surface area contributed by atoms with E-state index in [0.717, 1.165) is 48.9 Å². The van der Waals surface area contributed by atoms with E-state index in [0.29, 0.717) is 42.7 Å². The fourth-order valence-electron chi connectivity index (χ4n) is 4.22. The van der Waals surface area contributed by atoms with Crippen LogP contribution in [0, 0.1) is 0 Å². The van der Waals surface area contributed by atoms with Gasteiger partial charge in [0.25, 0.3) is 5.91 Å². The van der Waals surface area contributed by atoms with Gasteiger partial charge in [-0.25, -0.2) is 13.4 Å². The average molecular weight is 575 g/mol. The summed E-state index contributed by atoms with van der Waals surface area (Å²) in [5, 5.41) is 0.600. The minimum Gasteiger partial charge on any atom is -0.492 e. The summed E-state index contributed by atoms with van der Waals surface area (Å²) in [7, 11) is 0.370. The smallest absolute Gasteiger partial charge is 0.260 e. The van der Waals surface area contributed by atoms with E-state index in [2.05, 4.69) is 18.7 Å². The largest absolute Gasteiger partial charge is 0.492 e. The second-order valence-electron chi connectivity index (χ2n) is 9.78. The highest BCUT2D eigenvalue weighted by Gasteiger charge is 2.26. The number of nitrogens with zero attached hydrogens (tertiary/aromatic N) is 4. The number of fused-ring (bicyclic) bond motifs is 1. The van der Waals surface area contributed by atoms with Gasteiger partial charge in [0.15, 0.2) is 5.13 Å². The van der Waals surface area contributed by atoms with Crippen LogP contribution in [0.25, 0.3) is 10.2 Å². The molecule has 3 rings (SSSR count). The number of hydrogen-bond acceptors (Lipinski definition) is 7. The Hall–Kier alpha value is -2.53. The average Bonchev–Trinajstić information content (AvgIpc) is 3.36. The second-order valence-corrected chi connectivity index (χ2v) is 12.7. The van der Waals surface area contributed by atoms with Crippen LogP contribution >= 0.6 is 11.3 Å². The Morgan fingerprint density at radius 3 is 2.15 bits per heavy atom. The highest BCUT2D eigenvalue weighted by Crippen LogP contribution is 2.35. The molecule has 8 nitrogen and oxygen atoms in total. The molecule has 1 heterocycles. The van der Waals surface area contributed by atoms with Gasteiger partial charge in [-0.05, 0) is 83.2 Å². The molecule has 2 aromatic carbocycles. The number of ether oxygens (including phenoxy) is 1. The molecule has 0 bridgehead atoms. The number of sulfonamides is 1. The van der Waals surface area contributed by atoms with Crippen molar-refractivity contribution in [3.63, 3.8) is 0 Å². The normalized spacial score (nSPS) is 12.0. The Morgan fingerprint density at radius 2 is 1.56 bits per heavy atom. The molecule has 0 saturated carbocycles. The highest BCUT2D eigenvalue weighted by atomic mass is 32.2. The zero-order valence-electron chi connectivity index (χ0n) is 23.9. The summed E-state index contributed by atoms with van der Waals surface area (Å²) in [6, 6.07) is 12.1. The van der Waals surface area contributed by atoms with Crippen molar-refractivity contribution in [1.29, 1.82) is 0 Å². The first-order valence-corrected chi connectivity index (χ1v) is 16.1. The lowest BCUT2D eigenvalue weighted by molar-refractivity contribution is 0.0986. The number of para-hydroxylation sites is 1. The summed E-state index contributed by atoms with van der Waals surface area (Å²) in [5.74, 6) is 0.493. The molecule has 0 atom stereocenters. The number of amides is 1. The molecule has 0 fully saturated rings. The maximum atomic E-state index is 13.8. The maximum absolute atomic E-state index is 13.8. The molecular formula is C29H42N4O4S2. The first-order valence-electron chi connectivity index (χ1n) is 13.8. The van der Waals surface area contributed by atoms with Crippen LogP contribution in [0.15, 0.2) is 47.4 Å². The Bertz CT molecular complexity index is 1300. The van der Waals surface area contributed by atoms with Gasteiger partial charge in [-0.2, -0.15) is 4.31 Å². The molecule has 0 saturated heterocycles. The van der Waals surface area contributed by atoms with Crippen LogP contribution in [-0.2, 0) is 10.0 Å². The zero-order valence-corrected chi connectivity index (χ0v) is 25.5. The van der Waals surface area contributed by atoms with E-state index >= 15 is 0 Å². The first kappa shape index (κ1) is 31.0. The molecule has 3 aromatic rings. The topological polar surface area (TPSA) is 83.1 Å². The maximum Gasteiger partial charge on any atom is 0.260 e. The minimum absolute atomic E-state index is 0.205. The number of aromatic nitrogens is 1. The Kier molecular flexibility index (Phi) is 11.7. The molecular weight excluding hydrogens is 532 g/mol. The number of carbonyl (C=O) groups excluding carboxylic acids is 1. The molecule has 1 aromatic heterocycles. The monoisotopic (exact) mass is 574 g/mol. The van der Waals surface area contributed by atoms with Gasteiger partial charge in [-0.3, -0.25) is 9.69 Å². The number of carbonyl (C=O) groups is 1. The molecule has 0 aliphatic heterocycles. The van der Waals surface area contributed by atoms with Crippen LogP contribution in [0.3, 0.4) is 0 Å². The van der Waals surface area contributed by atoms with E-state index in [1.807, 2.05) is 39.2 Å². The molecule has 214 valence electrons. The predicted molar refractivity (Wildman–Crippen MR) is 161 cm³/mol. The molecule has 0 N–H and O–H groups in total. The van der Waals surface area contributed by atoms with Crippen molar-refractivity contribution in [1.82, 2.24) is 14.2 Å². The lowest BCUT2D eigenvalue weighted by Gasteiger charge is -2.23. The third-order valence-corrected chi connectivity index (χ3v) is 9.35. The third kappa shape index (κ3) is 8.00. The van der Waals surface area contributed by atoms with Crippen molar-refractivity contribution in [3.8, 4) is 5.75 Å². The third-order valence-electron chi connectivity index (χ3n) is 6.39. The van der Waals surface area contributed by atoms with E-state index in [1.165, 1.54) is 11.3 Å². The van der Waals surface area contributed by atoms with E-state index in [9.17, 15) is 13.2 Å². The number of thiazole rings is 1. The Morgan fingerprint density at radius 1 is 0.897 bits per heavy atom. The fraction of sp³-hybridized carbons (Fsp3) is 0.517. The van der Waals surface area contributed by atoms with Gasteiger partial charge >= 0.3 is 0 Å². The number of hydrogen-bond donors (Lipinski definition) is 0. The molecule has 39 heavy (non-hydrogen) atoms. The number of benzene rings is 2. The number of unbranched alkanes of at least 4 members (excludes halogenated alkanes) is 2. The molecule has 1 amide bonds. The van der Waals surface area contributed by atoms with Crippen molar-refractivity contribution in [3.05, 3.63) is 48.0 Å². The van der Waals surface area contributed by atoms with Crippen LogP contribution in [0.4, 0.5) is 5.13 Å². The van der Waals surface area contributed by atoms with Crippen LogP contribution < -0.4 is 9.64 Å². The molecule has 10 heteroatoms. The van der Waals surface area contributed by atoms with Crippen molar-refractivity contribution in [2.75, 3.05) is 51.8 Å². The van der Waals surface area contributed by atoms with E-state index in [1.54, 1.807) is 33.5 Å². The van der Waals surface area contributed by atoms with Gasteiger partial charge in [0.2, 0.25) is 10.0 Å². The van der Waals surface area contributed by atoms with Gasteiger partial charge in [-0.1, -0.05) is 44.1 Å². The summed E-state index contributed by atoms with van der Waals surface area (Å²) in [6.45, 7) is 8.88. The molecule has 0 spiro atoms. The quantitative estimate of drug-likeness (QED) is 0.212. The summed E-state index contributed by atoms with van der Waals surface area (Å²) < 4.78 is 35.0. The second kappa shape index (κ2) is 14.7. The lowest BCUT2D eigenvalue weighted by atomic mass is 10.2. The van der Waals surface area contributed by atoms with E-state index < -0.39 is 10.0 Å². The Balaban J connectivity index is 1.91.